The standard InChI is InChI=1S/C17H29N3O2/c1-13(2)22-16-8-6-14(12-15(16)18)7-9-17(21)19-10-5-11-20(3)4/h6,8,12-13H,5,7,9-11,18H2,1-4H3,(H,19,21). The molecule has 1 rings (SSSR count). The third-order valence-electron chi connectivity index (χ3n) is 3.18. The lowest BCUT2D eigenvalue weighted by Crippen LogP contribution is -2.27. The minimum Gasteiger partial charge on any atom is -0.489 e. The van der Waals surface area contributed by atoms with Crippen molar-refractivity contribution < 1.29 is 9.53 Å². The Morgan fingerprint density at radius 1 is 1.36 bits per heavy atom. The molecule has 0 aliphatic carbocycles. The van der Waals surface area contributed by atoms with E-state index >= 15 is 0 Å². The van der Waals surface area contributed by atoms with Gasteiger partial charge in [0.2, 0.25) is 5.91 Å². The average molecular weight is 307 g/mol. The first kappa shape index (κ1) is 18.3. The molecule has 5 nitrogen and oxygen atoms in total. The summed E-state index contributed by atoms with van der Waals surface area (Å²) in [5.41, 5.74) is 7.65. The first-order valence-corrected chi connectivity index (χ1v) is 7.85. The van der Waals surface area contributed by atoms with Gasteiger partial charge < -0.3 is 20.7 Å². The second-order valence-corrected chi connectivity index (χ2v) is 6.05. The number of hydrogen-bond donors (Lipinski definition) is 2. The largest absolute Gasteiger partial charge is 0.489 e. The Labute approximate surface area is 133 Å². The maximum atomic E-state index is 11.8. The topological polar surface area (TPSA) is 67.6 Å². The number of benzene rings is 1. The number of ether oxygens (including phenoxy) is 1. The molecule has 5 heteroatoms. The van der Waals surface area contributed by atoms with Crippen LogP contribution in [-0.4, -0.2) is 44.1 Å². The number of nitrogens with two attached hydrogens (primary N) is 1. The second kappa shape index (κ2) is 9.30. The molecule has 0 aliphatic rings. The molecule has 0 aromatic heterocycles. The monoisotopic (exact) mass is 307 g/mol. The zero-order valence-electron chi connectivity index (χ0n) is 14.2. The SMILES string of the molecule is CC(C)Oc1ccc(CCC(=O)NCCCN(C)C)cc1N. The van der Waals surface area contributed by atoms with Crippen molar-refractivity contribution in [3.63, 3.8) is 0 Å². The lowest BCUT2D eigenvalue weighted by molar-refractivity contribution is -0.121. The fraction of sp³-hybridized carbons (Fsp3) is 0.588. The third kappa shape index (κ3) is 7.31. The minimum atomic E-state index is 0.0832. The van der Waals surface area contributed by atoms with Gasteiger partial charge >= 0.3 is 0 Å². The van der Waals surface area contributed by atoms with E-state index in [2.05, 4.69) is 10.2 Å². The van der Waals surface area contributed by atoms with Crippen molar-refractivity contribution in [3.8, 4) is 5.75 Å². The van der Waals surface area contributed by atoms with Crippen molar-refractivity contribution in [2.24, 2.45) is 0 Å². The van der Waals surface area contributed by atoms with E-state index in [0.717, 1.165) is 25.1 Å². The van der Waals surface area contributed by atoms with Crippen LogP contribution in [-0.2, 0) is 11.2 Å². The molecule has 0 fully saturated rings. The molecule has 0 bridgehead atoms. The van der Waals surface area contributed by atoms with E-state index in [1.165, 1.54) is 0 Å². The molecule has 1 aromatic carbocycles. The van der Waals surface area contributed by atoms with Crippen molar-refractivity contribution in [1.82, 2.24) is 10.2 Å². The van der Waals surface area contributed by atoms with Crippen LogP contribution in [0.15, 0.2) is 18.2 Å². The summed E-state index contributed by atoms with van der Waals surface area (Å²) in [6.45, 7) is 5.64. The molecule has 1 aromatic rings. The second-order valence-electron chi connectivity index (χ2n) is 6.05. The van der Waals surface area contributed by atoms with E-state index in [-0.39, 0.29) is 12.0 Å². The number of anilines is 1. The van der Waals surface area contributed by atoms with E-state index in [9.17, 15) is 4.79 Å². The molecule has 3 N–H and O–H groups in total. The average Bonchev–Trinajstić information content (AvgIpc) is 2.43. The zero-order chi connectivity index (χ0) is 16.5. The smallest absolute Gasteiger partial charge is 0.220 e. The highest BCUT2D eigenvalue weighted by Crippen LogP contribution is 2.24. The van der Waals surface area contributed by atoms with Gasteiger partial charge in [0.15, 0.2) is 0 Å². The number of carbonyl (C=O) groups is 1. The van der Waals surface area contributed by atoms with Gasteiger partial charge in [-0.3, -0.25) is 4.79 Å². The van der Waals surface area contributed by atoms with E-state index in [4.69, 9.17) is 10.5 Å². The molecule has 0 radical (unpaired) electrons. The minimum absolute atomic E-state index is 0.0832. The highest BCUT2D eigenvalue weighted by atomic mass is 16.5. The van der Waals surface area contributed by atoms with Crippen LogP contribution in [0.4, 0.5) is 5.69 Å². The maximum Gasteiger partial charge on any atom is 0.220 e. The lowest BCUT2D eigenvalue weighted by Gasteiger charge is -2.13. The van der Waals surface area contributed by atoms with E-state index in [0.29, 0.717) is 24.3 Å². The van der Waals surface area contributed by atoms with Crippen LogP contribution in [0, 0.1) is 0 Å². The highest BCUT2D eigenvalue weighted by Gasteiger charge is 2.06. The van der Waals surface area contributed by atoms with Crippen LogP contribution in [0.1, 0.15) is 32.3 Å². The molecular weight excluding hydrogens is 278 g/mol. The molecule has 0 atom stereocenters. The van der Waals surface area contributed by atoms with Crippen molar-refractivity contribution >= 4 is 11.6 Å². The van der Waals surface area contributed by atoms with E-state index < -0.39 is 0 Å². The van der Waals surface area contributed by atoms with Gasteiger partial charge in [0.05, 0.1) is 11.8 Å². The summed E-state index contributed by atoms with van der Waals surface area (Å²) in [7, 11) is 4.05. The first-order chi connectivity index (χ1) is 10.4. The number of nitrogens with one attached hydrogen (secondary N) is 1. The fourth-order valence-corrected chi connectivity index (χ4v) is 2.08. The highest BCUT2D eigenvalue weighted by molar-refractivity contribution is 5.76. The summed E-state index contributed by atoms with van der Waals surface area (Å²) < 4.78 is 5.60. The van der Waals surface area contributed by atoms with E-state index in [1.54, 1.807) is 0 Å². The predicted octanol–water partition coefficient (Wildman–Crippen LogP) is 2.06. The maximum absolute atomic E-state index is 11.8. The summed E-state index contributed by atoms with van der Waals surface area (Å²) >= 11 is 0. The summed E-state index contributed by atoms with van der Waals surface area (Å²) in [6.07, 6.45) is 2.23. The van der Waals surface area contributed by atoms with Gasteiger partial charge in [-0.1, -0.05) is 6.07 Å². The summed E-state index contributed by atoms with van der Waals surface area (Å²) in [5, 5.41) is 2.94. The van der Waals surface area contributed by atoms with Crippen LogP contribution >= 0.6 is 0 Å². The lowest BCUT2D eigenvalue weighted by atomic mass is 10.1. The van der Waals surface area contributed by atoms with Gasteiger partial charge in [-0.15, -0.1) is 0 Å². The molecule has 0 aliphatic heterocycles. The number of carbonyl (C=O) groups excluding carboxylic acids is 1. The van der Waals surface area contributed by atoms with Crippen molar-refractivity contribution in [1.29, 1.82) is 0 Å². The van der Waals surface area contributed by atoms with Crippen LogP contribution in [0.5, 0.6) is 5.75 Å². The van der Waals surface area contributed by atoms with Crippen molar-refractivity contribution in [2.75, 3.05) is 32.9 Å². The fourth-order valence-electron chi connectivity index (χ4n) is 2.08. The Hall–Kier alpha value is -1.75. The number of hydrogen-bond acceptors (Lipinski definition) is 4. The van der Waals surface area contributed by atoms with Crippen LogP contribution in [0.2, 0.25) is 0 Å². The summed E-state index contributed by atoms with van der Waals surface area (Å²) in [5.74, 6) is 0.784. The molecule has 0 saturated carbocycles. The predicted molar refractivity (Wildman–Crippen MR) is 91.1 cm³/mol. The van der Waals surface area contributed by atoms with Gasteiger partial charge in [-0.2, -0.15) is 0 Å². The Kier molecular flexibility index (Phi) is 7.74. The van der Waals surface area contributed by atoms with Crippen molar-refractivity contribution in [2.45, 2.75) is 39.2 Å². The molecule has 0 spiro atoms. The Bertz CT molecular complexity index is 473. The number of aryl methyl sites for hydroxylation is 1. The van der Waals surface area contributed by atoms with E-state index in [1.807, 2.05) is 46.1 Å². The summed E-state index contributed by atoms with van der Waals surface area (Å²) in [6, 6.07) is 5.73. The Balaban J connectivity index is 2.35. The summed E-state index contributed by atoms with van der Waals surface area (Å²) in [4.78, 5) is 13.9. The molecule has 22 heavy (non-hydrogen) atoms. The molecule has 0 heterocycles. The quantitative estimate of drug-likeness (QED) is 0.541. The van der Waals surface area contributed by atoms with Gasteiger partial charge in [-0.25, -0.2) is 0 Å². The van der Waals surface area contributed by atoms with Gasteiger partial charge in [0, 0.05) is 13.0 Å². The third-order valence-corrected chi connectivity index (χ3v) is 3.18. The number of rotatable bonds is 9. The van der Waals surface area contributed by atoms with Crippen molar-refractivity contribution in [3.05, 3.63) is 23.8 Å². The van der Waals surface area contributed by atoms with Gasteiger partial charge in [0.25, 0.3) is 0 Å². The first-order valence-electron chi connectivity index (χ1n) is 7.85. The van der Waals surface area contributed by atoms with Gasteiger partial charge in [-0.05, 0) is 65.0 Å². The zero-order valence-corrected chi connectivity index (χ0v) is 14.2. The number of nitrogen functional groups attached to an aromatic ring is 1. The molecule has 1 amide bonds. The van der Waals surface area contributed by atoms with Crippen LogP contribution in [0.25, 0.3) is 0 Å². The van der Waals surface area contributed by atoms with Crippen LogP contribution < -0.4 is 15.8 Å². The van der Waals surface area contributed by atoms with Crippen LogP contribution in [0.3, 0.4) is 0 Å². The molecule has 0 unspecified atom stereocenters. The molecular formula is C17H29N3O2. The Morgan fingerprint density at radius 2 is 2.09 bits per heavy atom. The normalized spacial score (nSPS) is 11.0. The molecule has 124 valence electrons. The van der Waals surface area contributed by atoms with Gasteiger partial charge in [0.1, 0.15) is 5.75 Å². The number of nitrogens with zero attached hydrogens (tertiary/aromatic N) is 1. The Morgan fingerprint density at radius 3 is 2.68 bits per heavy atom. The molecule has 0 saturated heterocycles. The number of amides is 1.